The van der Waals surface area contributed by atoms with E-state index in [0.29, 0.717) is 23.3 Å². The summed E-state index contributed by atoms with van der Waals surface area (Å²) in [5, 5.41) is 29.7. The van der Waals surface area contributed by atoms with Crippen LogP contribution in [0, 0.1) is 5.82 Å². The SMILES string of the molecule is CC(C)=CC(O)(C(NC1c2ccccc2C=NN1C)c1ccc(F)cc1O)C(F)(F)F. The summed E-state index contributed by atoms with van der Waals surface area (Å²) in [5.41, 5.74) is -2.17. The van der Waals surface area contributed by atoms with Crippen LogP contribution in [0.25, 0.3) is 0 Å². The molecular weight excluding hydrogens is 414 g/mol. The highest BCUT2D eigenvalue weighted by Gasteiger charge is 2.58. The van der Waals surface area contributed by atoms with Gasteiger partial charge >= 0.3 is 6.18 Å². The van der Waals surface area contributed by atoms with Gasteiger partial charge in [0.2, 0.25) is 0 Å². The molecule has 0 aliphatic carbocycles. The molecule has 5 nitrogen and oxygen atoms in total. The third-order valence-corrected chi connectivity index (χ3v) is 5.07. The van der Waals surface area contributed by atoms with Crippen molar-refractivity contribution in [3.8, 4) is 5.75 Å². The molecule has 0 saturated heterocycles. The summed E-state index contributed by atoms with van der Waals surface area (Å²) >= 11 is 0. The van der Waals surface area contributed by atoms with Gasteiger partial charge in [0.1, 0.15) is 17.7 Å². The normalized spacial score (nSPS) is 18.8. The molecule has 1 heterocycles. The lowest BCUT2D eigenvalue weighted by Gasteiger charge is -2.41. The molecular formula is C22H23F4N3O2. The van der Waals surface area contributed by atoms with E-state index in [0.717, 1.165) is 12.1 Å². The first-order chi connectivity index (χ1) is 14.4. The molecule has 31 heavy (non-hydrogen) atoms. The van der Waals surface area contributed by atoms with E-state index in [9.17, 15) is 27.8 Å². The zero-order valence-electron chi connectivity index (χ0n) is 17.2. The summed E-state index contributed by atoms with van der Waals surface area (Å²) in [6.45, 7) is 2.84. The van der Waals surface area contributed by atoms with Crippen molar-refractivity contribution < 1.29 is 27.8 Å². The summed E-state index contributed by atoms with van der Waals surface area (Å²) in [5.74, 6) is -1.53. The Bertz CT molecular complexity index is 1020. The van der Waals surface area contributed by atoms with Crippen LogP contribution >= 0.6 is 0 Å². The molecule has 3 atom stereocenters. The van der Waals surface area contributed by atoms with Crippen LogP contribution in [0.1, 0.15) is 42.7 Å². The van der Waals surface area contributed by atoms with E-state index in [-0.39, 0.29) is 11.1 Å². The molecule has 0 amide bonds. The lowest BCUT2D eigenvalue weighted by molar-refractivity contribution is -0.252. The van der Waals surface area contributed by atoms with Crippen LogP contribution in [-0.4, -0.2) is 40.3 Å². The molecule has 0 aromatic heterocycles. The Hall–Kier alpha value is -2.91. The molecule has 9 heteroatoms. The van der Waals surface area contributed by atoms with Crippen LogP contribution < -0.4 is 5.32 Å². The highest BCUT2D eigenvalue weighted by molar-refractivity contribution is 5.82. The fourth-order valence-electron chi connectivity index (χ4n) is 3.64. The molecule has 0 spiro atoms. The van der Waals surface area contributed by atoms with Crippen molar-refractivity contribution in [1.29, 1.82) is 0 Å². The van der Waals surface area contributed by atoms with E-state index in [1.807, 2.05) is 0 Å². The Morgan fingerprint density at radius 2 is 1.87 bits per heavy atom. The highest BCUT2D eigenvalue weighted by atomic mass is 19.4. The smallest absolute Gasteiger partial charge is 0.422 e. The van der Waals surface area contributed by atoms with Gasteiger partial charge < -0.3 is 10.2 Å². The number of nitrogens with zero attached hydrogens (tertiary/aromatic N) is 2. The van der Waals surface area contributed by atoms with Crippen LogP contribution in [0.5, 0.6) is 5.75 Å². The van der Waals surface area contributed by atoms with Crippen LogP contribution in [0.2, 0.25) is 0 Å². The number of fused-ring (bicyclic) bond motifs is 1. The Morgan fingerprint density at radius 1 is 1.19 bits per heavy atom. The molecule has 0 radical (unpaired) electrons. The predicted molar refractivity (Wildman–Crippen MR) is 109 cm³/mol. The average molecular weight is 437 g/mol. The van der Waals surface area contributed by atoms with Crippen LogP contribution in [-0.2, 0) is 0 Å². The Balaban J connectivity index is 2.19. The number of nitrogens with one attached hydrogen (secondary N) is 1. The maximum Gasteiger partial charge on any atom is 0.422 e. The van der Waals surface area contributed by atoms with E-state index in [1.54, 1.807) is 37.5 Å². The van der Waals surface area contributed by atoms with E-state index >= 15 is 0 Å². The second-order valence-corrected chi connectivity index (χ2v) is 7.70. The molecule has 0 bridgehead atoms. The quantitative estimate of drug-likeness (QED) is 0.479. The molecule has 0 fully saturated rings. The minimum absolute atomic E-state index is 0.212. The van der Waals surface area contributed by atoms with Crippen molar-refractivity contribution in [2.75, 3.05) is 7.05 Å². The van der Waals surface area contributed by atoms with Gasteiger partial charge in [0.15, 0.2) is 5.60 Å². The number of hydrogen-bond acceptors (Lipinski definition) is 5. The summed E-state index contributed by atoms with van der Waals surface area (Å²) < 4.78 is 56.2. The number of aromatic hydroxyl groups is 1. The van der Waals surface area contributed by atoms with Gasteiger partial charge in [-0.3, -0.25) is 10.3 Å². The highest BCUT2D eigenvalue weighted by Crippen LogP contribution is 2.45. The second-order valence-electron chi connectivity index (χ2n) is 7.70. The number of allylic oxidation sites excluding steroid dienone is 1. The number of benzene rings is 2. The second kappa shape index (κ2) is 8.32. The number of hydrogen-bond donors (Lipinski definition) is 3. The van der Waals surface area contributed by atoms with Crippen LogP contribution in [0.3, 0.4) is 0 Å². The van der Waals surface area contributed by atoms with Gasteiger partial charge in [-0.05, 0) is 31.6 Å². The monoisotopic (exact) mass is 437 g/mol. The van der Waals surface area contributed by atoms with Crippen molar-refractivity contribution in [3.63, 3.8) is 0 Å². The first-order valence-electron chi connectivity index (χ1n) is 9.49. The van der Waals surface area contributed by atoms with Crippen molar-refractivity contribution in [1.82, 2.24) is 10.3 Å². The predicted octanol–water partition coefficient (Wildman–Crippen LogP) is 4.40. The maximum absolute atomic E-state index is 14.2. The van der Waals surface area contributed by atoms with Gasteiger partial charge in [0.05, 0.1) is 12.3 Å². The van der Waals surface area contributed by atoms with Crippen LogP contribution in [0.15, 0.2) is 59.2 Å². The lowest BCUT2D eigenvalue weighted by atomic mass is 9.85. The average Bonchev–Trinajstić information content (AvgIpc) is 2.66. The molecule has 3 N–H and O–H groups in total. The van der Waals surface area contributed by atoms with Crippen molar-refractivity contribution in [2.24, 2.45) is 5.10 Å². The van der Waals surface area contributed by atoms with E-state index < -0.39 is 35.6 Å². The maximum atomic E-state index is 14.2. The molecule has 2 aromatic carbocycles. The molecule has 0 saturated carbocycles. The standard InChI is InChI=1S/C22H23F4N3O2/c1-13(2)11-21(31,22(24,25)26)19(17-9-8-15(23)10-18(17)30)28-20-16-7-5-4-6-14(16)12-27-29(20)3/h4-12,19-20,28,30-31H,1-3H3. The van der Waals surface area contributed by atoms with E-state index in [1.165, 1.54) is 18.9 Å². The van der Waals surface area contributed by atoms with Gasteiger partial charge in [0.25, 0.3) is 0 Å². The molecule has 3 rings (SSSR count). The van der Waals surface area contributed by atoms with Crippen molar-refractivity contribution in [3.05, 3.63) is 76.6 Å². The Kier molecular flexibility index (Phi) is 6.11. The number of aliphatic hydroxyl groups is 1. The lowest BCUT2D eigenvalue weighted by Crippen LogP contribution is -2.55. The third kappa shape index (κ3) is 4.42. The third-order valence-electron chi connectivity index (χ3n) is 5.07. The number of phenolic OH excluding ortho intramolecular Hbond substituents is 1. The zero-order chi connectivity index (χ0) is 23.0. The van der Waals surface area contributed by atoms with Crippen molar-refractivity contribution >= 4 is 6.21 Å². The minimum atomic E-state index is -5.11. The summed E-state index contributed by atoms with van der Waals surface area (Å²) in [6.07, 6.45) is -3.72. The zero-order valence-corrected chi connectivity index (χ0v) is 17.2. The van der Waals surface area contributed by atoms with E-state index in [2.05, 4.69) is 10.4 Å². The molecule has 3 unspecified atom stereocenters. The number of halogens is 4. The van der Waals surface area contributed by atoms with Gasteiger partial charge in [0, 0.05) is 24.2 Å². The van der Waals surface area contributed by atoms with Gasteiger partial charge in [-0.25, -0.2) is 4.39 Å². The Morgan fingerprint density at radius 3 is 2.48 bits per heavy atom. The summed E-state index contributed by atoms with van der Waals surface area (Å²) in [4.78, 5) is 0. The first kappa shape index (κ1) is 22.8. The summed E-state index contributed by atoms with van der Waals surface area (Å²) in [7, 11) is 1.57. The van der Waals surface area contributed by atoms with Gasteiger partial charge in [-0.2, -0.15) is 18.3 Å². The molecule has 2 aromatic rings. The molecule has 166 valence electrons. The van der Waals surface area contributed by atoms with Crippen molar-refractivity contribution in [2.45, 2.75) is 37.8 Å². The van der Waals surface area contributed by atoms with E-state index in [4.69, 9.17) is 0 Å². The van der Waals surface area contributed by atoms with Crippen LogP contribution in [0.4, 0.5) is 17.6 Å². The number of phenols is 1. The summed E-state index contributed by atoms with van der Waals surface area (Å²) in [6, 6.07) is 7.77. The number of alkyl halides is 3. The fraction of sp³-hybridized carbons (Fsp3) is 0.318. The molecule has 1 aliphatic rings. The number of hydrazone groups is 1. The Labute approximate surface area is 177 Å². The van der Waals surface area contributed by atoms with Gasteiger partial charge in [-0.15, -0.1) is 0 Å². The van der Waals surface area contributed by atoms with Gasteiger partial charge in [-0.1, -0.05) is 35.9 Å². The first-order valence-corrected chi connectivity index (χ1v) is 9.49. The topological polar surface area (TPSA) is 68.1 Å². The molecule has 1 aliphatic heterocycles. The fourth-order valence-corrected chi connectivity index (χ4v) is 3.64. The largest absolute Gasteiger partial charge is 0.507 e. The number of rotatable bonds is 5. The minimum Gasteiger partial charge on any atom is -0.507 e.